The molecule has 0 bridgehead atoms. The van der Waals surface area contributed by atoms with Crippen molar-refractivity contribution in [2.75, 3.05) is 29.9 Å². The van der Waals surface area contributed by atoms with E-state index in [2.05, 4.69) is 32.5 Å². The fourth-order valence-electron chi connectivity index (χ4n) is 3.97. The van der Waals surface area contributed by atoms with E-state index in [1.54, 1.807) is 31.5 Å². The number of rotatable bonds is 5. The van der Waals surface area contributed by atoms with Crippen molar-refractivity contribution in [2.45, 2.75) is 46.3 Å². The van der Waals surface area contributed by atoms with Gasteiger partial charge < -0.3 is 15.5 Å². The summed E-state index contributed by atoms with van der Waals surface area (Å²) in [5.41, 5.74) is -0.524. The first-order chi connectivity index (χ1) is 16.0. The molecule has 3 aromatic rings. The van der Waals surface area contributed by atoms with Gasteiger partial charge in [-0.3, -0.25) is 4.79 Å². The SMILES string of the molecule is CCNC1CCN(c2ccc3nc(-c4ccc(C(F)(F)F)c(NC(=O)C(C)(C)C)c4)cn3n2)C1. The maximum atomic E-state index is 13.6. The van der Waals surface area contributed by atoms with Gasteiger partial charge in [0.15, 0.2) is 5.65 Å². The Labute approximate surface area is 196 Å². The molecular formula is C24H29F3N6O. The molecule has 34 heavy (non-hydrogen) atoms. The molecule has 4 rings (SSSR count). The molecular weight excluding hydrogens is 445 g/mol. The van der Waals surface area contributed by atoms with Crippen LogP contribution in [0.15, 0.2) is 36.5 Å². The summed E-state index contributed by atoms with van der Waals surface area (Å²) < 4.78 is 42.4. The molecule has 10 heteroatoms. The Balaban J connectivity index is 1.65. The van der Waals surface area contributed by atoms with Crippen LogP contribution in [-0.4, -0.2) is 46.2 Å². The lowest BCUT2D eigenvalue weighted by molar-refractivity contribution is -0.137. The number of alkyl halides is 3. The lowest BCUT2D eigenvalue weighted by Crippen LogP contribution is -2.32. The molecule has 2 aromatic heterocycles. The largest absolute Gasteiger partial charge is 0.418 e. The first kappa shape index (κ1) is 24.0. The number of imidazole rings is 1. The first-order valence-corrected chi connectivity index (χ1v) is 11.3. The molecule has 1 unspecified atom stereocenters. The fraction of sp³-hybridized carbons (Fsp3) is 0.458. The van der Waals surface area contributed by atoms with E-state index in [4.69, 9.17) is 0 Å². The highest BCUT2D eigenvalue weighted by atomic mass is 19.4. The third-order valence-electron chi connectivity index (χ3n) is 5.86. The van der Waals surface area contributed by atoms with Crippen LogP contribution in [-0.2, 0) is 11.0 Å². The highest BCUT2D eigenvalue weighted by Gasteiger charge is 2.35. The molecule has 0 spiro atoms. The van der Waals surface area contributed by atoms with Crippen LogP contribution in [0.2, 0.25) is 0 Å². The highest BCUT2D eigenvalue weighted by Crippen LogP contribution is 2.38. The summed E-state index contributed by atoms with van der Waals surface area (Å²) in [5, 5.41) is 10.6. The summed E-state index contributed by atoms with van der Waals surface area (Å²) >= 11 is 0. The number of carbonyl (C=O) groups excluding carboxylic acids is 1. The lowest BCUT2D eigenvalue weighted by atomic mass is 9.95. The molecule has 1 fully saturated rings. The molecule has 1 aromatic carbocycles. The number of nitrogens with zero attached hydrogens (tertiary/aromatic N) is 4. The number of halogens is 3. The Morgan fingerprint density at radius 3 is 2.62 bits per heavy atom. The predicted molar refractivity (Wildman–Crippen MR) is 126 cm³/mol. The van der Waals surface area contributed by atoms with E-state index in [-0.39, 0.29) is 5.69 Å². The van der Waals surface area contributed by atoms with E-state index in [1.165, 1.54) is 12.1 Å². The van der Waals surface area contributed by atoms with Crippen molar-refractivity contribution in [2.24, 2.45) is 5.41 Å². The number of fused-ring (bicyclic) bond motifs is 1. The smallest absolute Gasteiger partial charge is 0.354 e. The topological polar surface area (TPSA) is 74.6 Å². The van der Waals surface area contributed by atoms with E-state index >= 15 is 0 Å². The van der Waals surface area contributed by atoms with Crippen LogP contribution in [0.1, 0.15) is 39.7 Å². The fourth-order valence-corrected chi connectivity index (χ4v) is 3.97. The van der Waals surface area contributed by atoms with Gasteiger partial charge in [0.25, 0.3) is 0 Å². The summed E-state index contributed by atoms with van der Waals surface area (Å²) in [6.45, 7) is 9.70. The van der Waals surface area contributed by atoms with Gasteiger partial charge in [0, 0.05) is 30.1 Å². The second kappa shape index (κ2) is 8.90. The van der Waals surface area contributed by atoms with Crippen molar-refractivity contribution >= 4 is 23.1 Å². The van der Waals surface area contributed by atoms with E-state index < -0.39 is 23.1 Å². The standard InChI is InChI=1S/C24H29F3N6O/c1-5-28-16-10-11-32(13-16)21-9-8-20-29-19(14-33(20)31-21)15-6-7-17(24(25,26)27)18(12-15)30-22(34)23(2,3)4/h6-9,12,14,16,28H,5,10-11,13H2,1-4H3,(H,30,34). The number of carbonyl (C=O) groups is 1. The van der Waals surface area contributed by atoms with Crippen molar-refractivity contribution in [3.8, 4) is 11.3 Å². The van der Waals surface area contributed by atoms with Crippen molar-refractivity contribution in [1.82, 2.24) is 19.9 Å². The van der Waals surface area contributed by atoms with E-state index in [9.17, 15) is 18.0 Å². The molecule has 0 radical (unpaired) electrons. The highest BCUT2D eigenvalue weighted by molar-refractivity contribution is 5.96. The predicted octanol–water partition coefficient (Wildman–Crippen LogP) is 4.59. The minimum Gasteiger partial charge on any atom is -0.354 e. The third kappa shape index (κ3) is 5.01. The average molecular weight is 475 g/mol. The minimum absolute atomic E-state index is 0.290. The van der Waals surface area contributed by atoms with Gasteiger partial charge in [-0.1, -0.05) is 33.8 Å². The Hall–Kier alpha value is -3.14. The van der Waals surface area contributed by atoms with Crippen LogP contribution in [0, 0.1) is 5.41 Å². The summed E-state index contributed by atoms with van der Waals surface area (Å²) in [5.74, 6) is 0.320. The van der Waals surface area contributed by atoms with Crippen LogP contribution in [0.5, 0.6) is 0 Å². The Bertz CT molecular complexity index is 1200. The van der Waals surface area contributed by atoms with Crippen LogP contribution in [0.4, 0.5) is 24.7 Å². The quantitative estimate of drug-likeness (QED) is 0.566. The van der Waals surface area contributed by atoms with Crippen LogP contribution in [0.3, 0.4) is 0 Å². The molecule has 3 heterocycles. The van der Waals surface area contributed by atoms with Crippen molar-refractivity contribution < 1.29 is 18.0 Å². The number of likely N-dealkylation sites (N-methyl/N-ethyl adjacent to an activating group) is 1. The van der Waals surface area contributed by atoms with Gasteiger partial charge in [-0.25, -0.2) is 9.50 Å². The second-order valence-electron chi connectivity index (χ2n) is 9.57. The third-order valence-corrected chi connectivity index (χ3v) is 5.86. The number of hydrogen-bond acceptors (Lipinski definition) is 5. The van der Waals surface area contributed by atoms with E-state index in [0.717, 1.165) is 37.9 Å². The normalized spacial score (nSPS) is 16.9. The molecule has 1 aliphatic heterocycles. The lowest BCUT2D eigenvalue weighted by Gasteiger charge is -2.20. The summed E-state index contributed by atoms with van der Waals surface area (Å²) in [4.78, 5) is 19.1. The molecule has 0 saturated carbocycles. The zero-order valence-electron chi connectivity index (χ0n) is 19.7. The van der Waals surface area contributed by atoms with Crippen molar-refractivity contribution in [3.05, 3.63) is 42.1 Å². The van der Waals surface area contributed by atoms with E-state index in [0.29, 0.717) is 22.9 Å². The van der Waals surface area contributed by atoms with Crippen LogP contribution in [0.25, 0.3) is 16.9 Å². The summed E-state index contributed by atoms with van der Waals surface area (Å²) in [6.07, 6.45) is -1.87. The zero-order valence-corrected chi connectivity index (χ0v) is 19.7. The monoisotopic (exact) mass is 474 g/mol. The van der Waals surface area contributed by atoms with Gasteiger partial charge in [0.2, 0.25) is 5.91 Å². The van der Waals surface area contributed by atoms with Gasteiger partial charge in [-0.15, -0.1) is 5.10 Å². The number of amides is 1. The summed E-state index contributed by atoms with van der Waals surface area (Å²) in [6, 6.07) is 7.83. The number of hydrogen-bond donors (Lipinski definition) is 2. The summed E-state index contributed by atoms with van der Waals surface area (Å²) in [7, 11) is 0. The van der Waals surface area contributed by atoms with Gasteiger partial charge in [0.05, 0.1) is 23.1 Å². The molecule has 7 nitrogen and oxygen atoms in total. The number of nitrogens with one attached hydrogen (secondary N) is 2. The molecule has 2 N–H and O–H groups in total. The van der Waals surface area contributed by atoms with Crippen LogP contribution < -0.4 is 15.5 Å². The molecule has 0 aliphatic carbocycles. The number of benzene rings is 1. The molecule has 182 valence electrons. The van der Waals surface area contributed by atoms with E-state index in [1.807, 2.05) is 12.1 Å². The molecule has 1 saturated heterocycles. The maximum absolute atomic E-state index is 13.6. The zero-order chi connectivity index (χ0) is 24.7. The maximum Gasteiger partial charge on any atom is 0.418 e. The van der Waals surface area contributed by atoms with Gasteiger partial charge in [-0.2, -0.15) is 13.2 Å². The Morgan fingerprint density at radius 2 is 1.94 bits per heavy atom. The number of anilines is 2. The van der Waals surface area contributed by atoms with Gasteiger partial charge in [-0.05, 0) is 37.2 Å². The second-order valence-corrected chi connectivity index (χ2v) is 9.57. The molecule has 1 amide bonds. The van der Waals surface area contributed by atoms with Gasteiger partial charge in [0.1, 0.15) is 5.82 Å². The molecule has 1 atom stereocenters. The number of aromatic nitrogens is 3. The Morgan fingerprint density at radius 1 is 1.18 bits per heavy atom. The van der Waals surface area contributed by atoms with Crippen molar-refractivity contribution in [1.29, 1.82) is 0 Å². The minimum atomic E-state index is -4.60. The van der Waals surface area contributed by atoms with Gasteiger partial charge >= 0.3 is 6.18 Å². The van der Waals surface area contributed by atoms with Crippen molar-refractivity contribution in [3.63, 3.8) is 0 Å². The van der Waals surface area contributed by atoms with Crippen LogP contribution >= 0.6 is 0 Å². The average Bonchev–Trinajstić information content (AvgIpc) is 3.39. The Kier molecular flexibility index (Phi) is 6.28. The first-order valence-electron chi connectivity index (χ1n) is 11.3. The molecule has 1 aliphatic rings.